The molecule has 44 heavy (non-hydrogen) atoms. The van der Waals surface area contributed by atoms with Gasteiger partial charge in [-0.2, -0.15) is 20.5 Å². The molecule has 0 spiro atoms. The van der Waals surface area contributed by atoms with Crippen LogP contribution in [0.4, 0.5) is 0 Å². The molecule has 12 heteroatoms. The predicted octanol–water partition coefficient (Wildman–Crippen LogP) is 5.66. The molecule has 256 valence electrons. The Labute approximate surface area is 267 Å². The number of hydrogen-bond donors (Lipinski definition) is 4. The third-order valence-corrected chi connectivity index (χ3v) is 6.59. The van der Waals surface area contributed by atoms with Crippen molar-refractivity contribution in [2.45, 2.75) is 157 Å². The molecule has 0 aromatic carbocycles. The molecule has 12 nitrogen and oxygen atoms in total. The van der Waals surface area contributed by atoms with Crippen LogP contribution < -0.4 is 21.3 Å². The zero-order valence-corrected chi connectivity index (χ0v) is 29.9. The largest absolute Gasteiger partial charge is 0.354 e. The van der Waals surface area contributed by atoms with Gasteiger partial charge >= 0.3 is 0 Å². The number of hydrogen-bond acceptors (Lipinski definition) is 8. The summed E-state index contributed by atoms with van der Waals surface area (Å²) in [6, 6.07) is 0. The van der Waals surface area contributed by atoms with Crippen LogP contribution in [0, 0.1) is 0 Å². The van der Waals surface area contributed by atoms with Gasteiger partial charge in [0, 0.05) is 26.2 Å². The highest BCUT2D eigenvalue weighted by Gasteiger charge is 2.33. The molecule has 4 N–H and O–H groups in total. The number of nitrogens with one attached hydrogen (secondary N) is 4. The van der Waals surface area contributed by atoms with Crippen LogP contribution in [0.25, 0.3) is 0 Å². The molecule has 0 atom stereocenters. The van der Waals surface area contributed by atoms with Crippen molar-refractivity contribution >= 4 is 23.6 Å². The highest BCUT2D eigenvalue weighted by Crippen LogP contribution is 2.18. The first kappa shape index (κ1) is 43.2. The van der Waals surface area contributed by atoms with Crippen LogP contribution in [-0.4, -0.2) is 72.0 Å². The number of carbonyl (C=O) groups excluding carboxylic acids is 4. The number of unbranched alkanes of at least 4 members (excludes halogenated alkanes) is 4. The molecular weight excluding hydrogens is 560 g/mol. The Bertz CT molecular complexity index is 781. The van der Waals surface area contributed by atoms with Crippen LogP contribution in [0.3, 0.4) is 0 Å². The van der Waals surface area contributed by atoms with Gasteiger partial charge in [0.15, 0.2) is 22.2 Å². The molecule has 0 saturated carbocycles. The number of azo groups is 2. The third kappa shape index (κ3) is 18.7. The van der Waals surface area contributed by atoms with Crippen molar-refractivity contribution in [2.24, 2.45) is 20.5 Å². The normalized spacial score (nSPS) is 12.5. The quantitative estimate of drug-likeness (QED) is 0.101. The maximum Gasteiger partial charge on any atom is 0.249 e. The summed E-state index contributed by atoms with van der Waals surface area (Å²) in [7, 11) is 0. The van der Waals surface area contributed by atoms with Crippen LogP contribution in [0.1, 0.15) is 134 Å². The Morgan fingerprint density at radius 1 is 0.386 bits per heavy atom. The predicted molar refractivity (Wildman–Crippen MR) is 178 cm³/mol. The van der Waals surface area contributed by atoms with Gasteiger partial charge in [0.1, 0.15) is 0 Å². The lowest BCUT2D eigenvalue weighted by Gasteiger charge is -2.22. The summed E-state index contributed by atoms with van der Waals surface area (Å²) in [5.74, 6) is -0.697. The Hall–Kier alpha value is -2.92. The summed E-state index contributed by atoms with van der Waals surface area (Å²) in [5.41, 5.74) is -3.91. The van der Waals surface area contributed by atoms with E-state index in [2.05, 4.69) is 69.4 Å². The lowest BCUT2D eigenvalue weighted by Crippen LogP contribution is -2.43. The van der Waals surface area contributed by atoms with E-state index in [1.807, 2.05) is 0 Å². The summed E-state index contributed by atoms with van der Waals surface area (Å²) in [5, 5.41) is 27.8. The molecule has 0 saturated heterocycles. The first-order valence-corrected chi connectivity index (χ1v) is 16.4. The number of amides is 4. The standard InChI is InChI=1S/2C16H32N4O2/c2*1-7-9-11-17-13(21)15(3,4)19-20-16(5,6)14(22)18-12-10-8-2/h2*7-12H2,1-6H3,(H,17,21)(H,18,22). The Morgan fingerprint density at radius 3 is 0.682 bits per heavy atom. The highest BCUT2D eigenvalue weighted by atomic mass is 16.2. The Morgan fingerprint density at radius 2 is 0.545 bits per heavy atom. The number of rotatable bonds is 20. The molecule has 0 rings (SSSR count). The van der Waals surface area contributed by atoms with Crippen LogP contribution in [0.5, 0.6) is 0 Å². The van der Waals surface area contributed by atoms with E-state index in [1.54, 1.807) is 55.4 Å². The fourth-order valence-corrected chi connectivity index (χ4v) is 3.06. The van der Waals surface area contributed by atoms with Gasteiger partial charge in [0.2, 0.25) is 23.6 Å². The van der Waals surface area contributed by atoms with Crippen molar-refractivity contribution in [3.63, 3.8) is 0 Å². The fraction of sp³-hybridized carbons (Fsp3) is 0.875. The van der Waals surface area contributed by atoms with Crippen LogP contribution >= 0.6 is 0 Å². The van der Waals surface area contributed by atoms with E-state index in [0.29, 0.717) is 26.2 Å². The molecule has 0 aliphatic heterocycles. The zero-order valence-electron chi connectivity index (χ0n) is 29.9. The summed E-state index contributed by atoms with van der Waals surface area (Å²) >= 11 is 0. The summed E-state index contributed by atoms with van der Waals surface area (Å²) in [4.78, 5) is 48.3. The van der Waals surface area contributed by atoms with Crippen LogP contribution in [0.2, 0.25) is 0 Å². The summed E-state index contributed by atoms with van der Waals surface area (Å²) in [6.45, 7) is 24.4. The van der Waals surface area contributed by atoms with E-state index in [0.717, 1.165) is 51.4 Å². The molecular formula is C32H64N8O4. The maximum atomic E-state index is 12.1. The third-order valence-electron chi connectivity index (χ3n) is 6.59. The molecule has 0 aliphatic carbocycles. The van der Waals surface area contributed by atoms with Gasteiger partial charge in [-0.25, -0.2) is 0 Å². The van der Waals surface area contributed by atoms with E-state index < -0.39 is 22.2 Å². The lowest BCUT2D eigenvalue weighted by atomic mass is 10.0. The molecule has 0 fully saturated rings. The minimum absolute atomic E-state index is 0.174. The van der Waals surface area contributed by atoms with E-state index in [1.165, 1.54) is 0 Å². The second-order valence-corrected chi connectivity index (χ2v) is 13.1. The second kappa shape index (κ2) is 21.7. The molecule has 0 aromatic heterocycles. The molecule has 0 bridgehead atoms. The first-order chi connectivity index (χ1) is 20.3. The Balaban J connectivity index is 0. The first-order valence-electron chi connectivity index (χ1n) is 16.4. The SMILES string of the molecule is CCCCNC(=O)C(C)(C)N=NC(C)(C)C(=O)NCCCC.CCCCNC(=O)C(C)(C)N=NC(C)(C)C(=O)NCCCC. The zero-order chi connectivity index (χ0) is 34.5. The molecule has 0 aromatic rings. The summed E-state index contributed by atoms with van der Waals surface area (Å²) < 4.78 is 0. The molecule has 4 amide bonds. The smallest absolute Gasteiger partial charge is 0.249 e. The number of carbonyl (C=O) groups is 4. The average Bonchev–Trinajstić information content (AvgIpc) is 2.95. The fourth-order valence-electron chi connectivity index (χ4n) is 3.06. The van der Waals surface area contributed by atoms with Gasteiger partial charge < -0.3 is 21.3 Å². The van der Waals surface area contributed by atoms with Crippen molar-refractivity contribution < 1.29 is 19.2 Å². The average molecular weight is 625 g/mol. The van der Waals surface area contributed by atoms with Gasteiger partial charge in [-0.3, -0.25) is 19.2 Å². The van der Waals surface area contributed by atoms with Crippen molar-refractivity contribution in [3.8, 4) is 0 Å². The topological polar surface area (TPSA) is 166 Å². The number of nitrogens with zero attached hydrogens (tertiary/aromatic N) is 4. The van der Waals surface area contributed by atoms with E-state index in [9.17, 15) is 19.2 Å². The monoisotopic (exact) mass is 625 g/mol. The minimum Gasteiger partial charge on any atom is -0.354 e. The van der Waals surface area contributed by atoms with Crippen LogP contribution in [0.15, 0.2) is 20.5 Å². The molecule has 0 unspecified atom stereocenters. The molecule has 0 aliphatic rings. The van der Waals surface area contributed by atoms with E-state index in [4.69, 9.17) is 0 Å². The molecule has 0 heterocycles. The van der Waals surface area contributed by atoms with Gasteiger partial charge in [0.05, 0.1) is 0 Å². The highest BCUT2D eigenvalue weighted by molar-refractivity contribution is 5.87. The van der Waals surface area contributed by atoms with Gasteiger partial charge in [-0.05, 0) is 81.1 Å². The van der Waals surface area contributed by atoms with Crippen molar-refractivity contribution in [2.75, 3.05) is 26.2 Å². The van der Waals surface area contributed by atoms with Gasteiger partial charge in [0.25, 0.3) is 0 Å². The van der Waals surface area contributed by atoms with Gasteiger partial charge in [-0.1, -0.05) is 53.4 Å². The lowest BCUT2D eigenvalue weighted by molar-refractivity contribution is -0.127. The van der Waals surface area contributed by atoms with Crippen LogP contribution in [-0.2, 0) is 19.2 Å². The molecule has 0 radical (unpaired) electrons. The summed E-state index contributed by atoms with van der Waals surface area (Å²) in [6.07, 6.45) is 7.82. The minimum atomic E-state index is -0.977. The van der Waals surface area contributed by atoms with E-state index in [-0.39, 0.29) is 23.6 Å². The Kier molecular flexibility index (Phi) is 21.3. The van der Waals surface area contributed by atoms with Crippen molar-refractivity contribution in [3.05, 3.63) is 0 Å². The van der Waals surface area contributed by atoms with Gasteiger partial charge in [-0.15, -0.1) is 0 Å². The van der Waals surface area contributed by atoms with Crippen molar-refractivity contribution in [1.82, 2.24) is 21.3 Å². The maximum absolute atomic E-state index is 12.1. The van der Waals surface area contributed by atoms with Crippen molar-refractivity contribution in [1.29, 1.82) is 0 Å². The second-order valence-electron chi connectivity index (χ2n) is 13.1. The van der Waals surface area contributed by atoms with E-state index >= 15 is 0 Å².